The van der Waals surface area contributed by atoms with Crippen molar-refractivity contribution >= 4 is 0 Å². The molecule has 3 heteroatoms. The highest BCUT2D eigenvalue weighted by atomic mass is 16.3. The third-order valence-corrected chi connectivity index (χ3v) is 3.08. The summed E-state index contributed by atoms with van der Waals surface area (Å²) in [6.07, 6.45) is 1.36. The summed E-state index contributed by atoms with van der Waals surface area (Å²) < 4.78 is 0. The molecule has 0 radical (unpaired) electrons. The molecule has 0 spiro atoms. The number of hydrogen-bond acceptors (Lipinski definition) is 3. The number of aromatic hydroxyl groups is 1. The van der Waals surface area contributed by atoms with Gasteiger partial charge >= 0.3 is 0 Å². The summed E-state index contributed by atoms with van der Waals surface area (Å²) in [4.78, 5) is 11.0. The van der Waals surface area contributed by atoms with E-state index >= 15 is 0 Å². The second-order valence-corrected chi connectivity index (χ2v) is 3.83. The first-order valence-corrected chi connectivity index (χ1v) is 5.24. The predicted octanol–water partition coefficient (Wildman–Crippen LogP) is 3.48. The molecule has 0 saturated heterocycles. The molecular formula is C12H17NO2. The highest BCUT2D eigenvalue weighted by Gasteiger charge is 2.29. The maximum atomic E-state index is 11.0. The van der Waals surface area contributed by atoms with E-state index in [1.807, 2.05) is 26.8 Å². The van der Waals surface area contributed by atoms with E-state index in [1.54, 1.807) is 12.1 Å². The Morgan fingerprint density at radius 1 is 1.33 bits per heavy atom. The molecule has 1 rings (SSSR count). The highest BCUT2D eigenvalue weighted by Crippen LogP contribution is 2.34. The van der Waals surface area contributed by atoms with Gasteiger partial charge in [-0.25, -0.2) is 0 Å². The number of aryl methyl sites for hydroxylation is 1. The van der Waals surface area contributed by atoms with Gasteiger partial charge in [0.25, 0.3) is 0 Å². The third kappa shape index (κ3) is 2.01. The fraction of sp³-hybridized carbons (Fsp3) is 0.500. The van der Waals surface area contributed by atoms with Crippen LogP contribution in [0.3, 0.4) is 0 Å². The molecule has 0 aliphatic rings. The molecule has 1 N–H and O–H groups in total. The van der Waals surface area contributed by atoms with Crippen molar-refractivity contribution < 1.29 is 5.11 Å². The van der Waals surface area contributed by atoms with Crippen LogP contribution >= 0.6 is 0 Å². The summed E-state index contributed by atoms with van der Waals surface area (Å²) >= 11 is 0. The Morgan fingerprint density at radius 2 is 1.93 bits per heavy atom. The fourth-order valence-electron chi connectivity index (χ4n) is 1.78. The van der Waals surface area contributed by atoms with Crippen LogP contribution in [0.4, 0.5) is 0 Å². The summed E-state index contributed by atoms with van der Waals surface area (Å²) in [6.45, 7) is 5.72. The molecule has 1 aromatic rings. The molecule has 15 heavy (non-hydrogen) atoms. The summed E-state index contributed by atoms with van der Waals surface area (Å²) in [7, 11) is 0. The predicted molar refractivity (Wildman–Crippen MR) is 60.9 cm³/mol. The SMILES string of the molecule is CCC(CC)(N=O)c1ccc(O)c(C)c1. The molecule has 0 aliphatic carbocycles. The van der Waals surface area contributed by atoms with Crippen molar-refractivity contribution in [2.45, 2.75) is 39.2 Å². The molecule has 0 heterocycles. The number of hydrogen-bond donors (Lipinski definition) is 1. The van der Waals surface area contributed by atoms with Gasteiger partial charge in [0.15, 0.2) is 0 Å². The van der Waals surface area contributed by atoms with Gasteiger partial charge in [0, 0.05) is 0 Å². The van der Waals surface area contributed by atoms with E-state index in [0.717, 1.165) is 11.1 Å². The Morgan fingerprint density at radius 3 is 2.33 bits per heavy atom. The van der Waals surface area contributed by atoms with Gasteiger partial charge < -0.3 is 5.11 Å². The molecule has 0 fully saturated rings. The fourth-order valence-corrected chi connectivity index (χ4v) is 1.78. The number of nitroso groups, excluding NO2 is 1. The Bertz CT molecular complexity index is 357. The topological polar surface area (TPSA) is 49.7 Å². The first-order valence-electron chi connectivity index (χ1n) is 5.24. The lowest BCUT2D eigenvalue weighted by Gasteiger charge is -2.24. The molecule has 82 valence electrons. The average Bonchev–Trinajstić information content (AvgIpc) is 2.26. The number of nitrogens with zero attached hydrogens (tertiary/aromatic N) is 1. The van der Waals surface area contributed by atoms with Gasteiger partial charge in [-0.2, -0.15) is 0 Å². The Balaban J connectivity index is 3.23. The first-order chi connectivity index (χ1) is 7.09. The summed E-state index contributed by atoms with van der Waals surface area (Å²) in [5, 5.41) is 12.7. The van der Waals surface area contributed by atoms with Crippen LogP contribution in [-0.4, -0.2) is 5.11 Å². The smallest absolute Gasteiger partial charge is 0.127 e. The van der Waals surface area contributed by atoms with E-state index in [2.05, 4.69) is 5.18 Å². The summed E-state index contributed by atoms with van der Waals surface area (Å²) in [6, 6.07) is 5.23. The second-order valence-electron chi connectivity index (χ2n) is 3.83. The van der Waals surface area contributed by atoms with Gasteiger partial charge in [-0.05, 0) is 43.0 Å². The van der Waals surface area contributed by atoms with Crippen LogP contribution in [0, 0.1) is 11.8 Å². The zero-order valence-corrected chi connectivity index (χ0v) is 9.45. The number of benzene rings is 1. The molecule has 0 atom stereocenters. The molecule has 0 aliphatic heterocycles. The van der Waals surface area contributed by atoms with Crippen molar-refractivity contribution in [2.75, 3.05) is 0 Å². The van der Waals surface area contributed by atoms with Gasteiger partial charge in [-0.3, -0.25) is 0 Å². The van der Waals surface area contributed by atoms with E-state index in [-0.39, 0.29) is 5.75 Å². The van der Waals surface area contributed by atoms with Crippen molar-refractivity contribution in [2.24, 2.45) is 5.18 Å². The monoisotopic (exact) mass is 207 g/mol. The van der Waals surface area contributed by atoms with Gasteiger partial charge in [0.05, 0.1) is 0 Å². The van der Waals surface area contributed by atoms with Crippen molar-refractivity contribution in [3.05, 3.63) is 34.2 Å². The van der Waals surface area contributed by atoms with E-state index in [1.165, 1.54) is 0 Å². The first kappa shape index (κ1) is 11.7. The lowest BCUT2D eigenvalue weighted by atomic mass is 9.85. The lowest BCUT2D eigenvalue weighted by Crippen LogP contribution is -2.20. The van der Waals surface area contributed by atoms with Crippen LogP contribution in [0.25, 0.3) is 0 Å². The quantitative estimate of drug-likeness (QED) is 0.768. The number of phenols is 1. The molecule has 0 saturated carbocycles. The molecule has 0 unspecified atom stereocenters. The van der Waals surface area contributed by atoms with Crippen LogP contribution in [-0.2, 0) is 5.54 Å². The van der Waals surface area contributed by atoms with Crippen LogP contribution in [0.15, 0.2) is 23.4 Å². The third-order valence-electron chi connectivity index (χ3n) is 3.08. The van der Waals surface area contributed by atoms with Crippen molar-refractivity contribution in [1.82, 2.24) is 0 Å². The minimum atomic E-state index is -0.640. The van der Waals surface area contributed by atoms with Crippen LogP contribution in [0.5, 0.6) is 5.75 Å². The molecule has 0 amide bonds. The maximum absolute atomic E-state index is 11.0. The largest absolute Gasteiger partial charge is 0.508 e. The highest BCUT2D eigenvalue weighted by molar-refractivity contribution is 5.38. The van der Waals surface area contributed by atoms with E-state index in [9.17, 15) is 10.0 Å². The van der Waals surface area contributed by atoms with Crippen LogP contribution in [0.2, 0.25) is 0 Å². The van der Waals surface area contributed by atoms with Crippen molar-refractivity contribution in [3.63, 3.8) is 0 Å². The van der Waals surface area contributed by atoms with Gasteiger partial charge in [0.1, 0.15) is 11.3 Å². The zero-order chi connectivity index (χ0) is 11.5. The van der Waals surface area contributed by atoms with Crippen LogP contribution < -0.4 is 0 Å². The van der Waals surface area contributed by atoms with E-state index in [0.29, 0.717) is 12.8 Å². The standard InChI is InChI=1S/C12H17NO2/c1-4-12(5-2,13-15)10-6-7-11(14)9(3)8-10/h6-8,14H,4-5H2,1-3H3. The Kier molecular flexibility index (Phi) is 3.45. The van der Waals surface area contributed by atoms with Gasteiger partial charge in [-0.1, -0.05) is 25.1 Å². The summed E-state index contributed by atoms with van der Waals surface area (Å²) in [5.74, 6) is 0.255. The minimum Gasteiger partial charge on any atom is -0.508 e. The molecule has 0 aromatic heterocycles. The summed E-state index contributed by atoms with van der Waals surface area (Å²) in [5.41, 5.74) is 1.03. The Labute approximate surface area is 90.1 Å². The lowest BCUT2D eigenvalue weighted by molar-refractivity contribution is 0.410. The zero-order valence-electron chi connectivity index (χ0n) is 9.45. The van der Waals surface area contributed by atoms with Crippen molar-refractivity contribution in [1.29, 1.82) is 0 Å². The van der Waals surface area contributed by atoms with E-state index < -0.39 is 5.54 Å². The minimum absolute atomic E-state index is 0.255. The molecule has 3 nitrogen and oxygen atoms in total. The molecule has 0 bridgehead atoms. The van der Waals surface area contributed by atoms with Gasteiger partial charge in [-0.15, -0.1) is 4.91 Å². The van der Waals surface area contributed by atoms with Crippen LogP contribution in [0.1, 0.15) is 37.8 Å². The second kappa shape index (κ2) is 4.43. The number of phenolic OH excluding ortho intramolecular Hbond substituents is 1. The maximum Gasteiger partial charge on any atom is 0.127 e. The Hall–Kier alpha value is -1.38. The van der Waals surface area contributed by atoms with E-state index in [4.69, 9.17) is 0 Å². The van der Waals surface area contributed by atoms with Crippen molar-refractivity contribution in [3.8, 4) is 5.75 Å². The molecular weight excluding hydrogens is 190 g/mol. The normalized spacial score (nSPS) is 11.4. The molecule has 1 aromatic carbocycles. The number of rotatable bonds is 4. The average molecular weight is 207 g/mol. The van der Waals surface area contributed by atoms with Gasteiger partial charge in [0.2, 0.25) is 0 Å².